The van der Waals surface area contributed by atoms with E-state index in [0.29, 0.717) is 5.69 Å². The van der Waals surface area contributed by atoms with E-state index in [1.54, 1.807) is 19.2 Å². The molecule has 0 saturated heterocycles. The third-order valence-electron chi connectivity index (χ3n) is 3.11. The predicted molar refractivity (Wildman–Crippen MR) is 82.0 cm³/mol. The highest BCUT2D eigenvalue weighted by Crippen LogP contribution is 2.25. The standard InChI is InChI=1S/C15H13ClN2O3/c1-10-3-6-12(7-4-10)17(2)15(19)13-9-11(16)5-8-14(13)18(20)21/h3-9H,1-2H3. The second kappa shape index (κ2) is 5.93. The van der Waals surface area contributed by atoms with Crippen molar-refractivity contribution in [1.82, 2.24) is 0 Å². The first-order chi connectivity index (χ1) is 9.90. The van der Waals surface area contributed by atoms with E-state index in [0.717, 1.165) is 5.56 Å². The molecule has 0 aliphatic rings. The van der Waals surface area contributed by atoms with Crippen molar-refractivity contribution in [2.24, 2.45) is 0 Å². The Kier molecular flexibility index (Phi) is 4.23. The summed E-state index contributed by atoms with van der Waals surface area (Å²) in [5.74, 6) is -0.479. The molecule has 0 aromatic heterocycles. The van der Waals surface area contributed by atoms with Gasteiger partial charge in [-0.3, -0.25) is 14.9 Å². The van der Waals surface area contributed by atoms with Crippen LogP contribution in [0.2, 0.25) is 5.02 Å². The number of anilines is 1. The molecule has 2 rings (SSSR count). The van der Waals surface area contributed by atoms with Crippen LogP contribution >= 0.6 is 11.6 Å². The molecule has 0 bridgehead atoms. The van der Waals surface area contributed by atoms with Crippen LogP contribution < -0.4 is 4.90 Å². The summed E-state index contributed by atoms with van der Waals surface area (Å²) in [6, 6.07) is 11.2. The van der Waals surface area contributed by atoms with Crippen LogP contribution in [0.5, 0.6) is 0 Å². The van der Waals surface area contributed by atoms with E-state index in [1.165, 1.54) is 23.1 Å². The number of amides is 1. The molecule has 6 heteroatoms. The molecular weight excluding hydrogens is 292 g/mol. The Morgan fingerprint density at radius 1 is 1.19 bits per heavy atom. The fourth-order valence-corrected chi connectivity index (χ4v) is 2.08. The lowest BCUT2D eigenvalue weighted by molar-refractivity contribution is -0.385. The molecule has 0 heterocycles. The van der Waals surface area contributed by atoms with E-state index in [9.17, 15) is 14.9 Å². The van der Waals surface area contributed by atoms with Crippen molar-refractivity contribution in [3.05, 3.63) is 68.7 Å². The number of hydrogen-bond donors (Lipinski definition) is 0. The van der Waals surface area contributed by atoms with E-state index >= 15 is 0 Å². The van der Waals surface area contributed by atoms with Gasteiger partial charge in [-0.15, -0.1) is 0 Å². The number of nitrogens with zero attached hydrogens (tertiary/aromatic N) is 2. The molecule has 0 unspecified atom stereocenters. The topological polar surface area (TPSA) is 63.5 Å². The first-order valence-corrected chi connectivity index (χ1v) is 6.56. The Morgan fingerprint density at radius 3 is 2.38 bits per heavy atom. The maximum atomic E-state index is 12.5. The van der Waals surface area contributed by atoms with Gasteiger partial charge in [0.05, 0.1) is 4.92 Å². The van der Waals surface area contributed by atoms with Crippen LogP contribution in [0.4, 0.5) is 11.4 Å². The Labute approximate surface area is 126 Å². The Morgan fingerprint density at radius 2 is 1.81 bits per heavy atom. The van der Waals surface area contributed by atoms with Gasteiger partial charge in [-0.25, -0.2) is 0 Å². The van der Waals surface area contributed by atoms with E-state index < -0.39 is 10.8 Å². The molecule has 21 heavy (non-hydrogen) atoms. The molecule has 5 nitrogen and oxygen atoms in total. The van der Waals surface area contributed by atoms with Crippen LogP contribution in [0, 0.1) is 17.0 Å². The zero-order chi connectivity index (χ0) is 15.6. The van der Waals surface area contributed by atoms with Gasteiger partial charge in [0.15, 0.2) is 0 Å². The van der Waals surface area contributed by atoms with Gasteiger partial charge < -0.3 is 4.90 Å². The van der Waals surface area contributed by atoms with Crippen molar-refractivity contribution in [3.8, 4) is 0 Å². The number of rotatable bonds is 3. The van der Waals surface area contributed by atoms with Crippen LogP contribution in [0.15, 0.2) is 42.5 Å². The minimum absolute atomic E-state index is 0.0319. The van der Waals surface area contributed by atoms with Crippen LogP contribution in [0.3, 0.4) is 0 Å². The number of hydrogen-bond acceptors (Lipinski definition) is 3. The molecule has 0 fully saturated rings. The largest absolute Gasteiger partial charge is 0.311 e. The van der Waals surface area contributed by atoms with Gasteiger partial charge in [-0.1, -0.05) is 29.3 Å². The molecule has 2 aromatic rings. The van der Waals surface area contributed by atoms with Crippen molar-refractivity contribution in [3.63, 3.8) is 0 Å². The van der Waals surface area contributed by atoms with Crippen LogP contribution in [-0.2, 0) is 0 Å². The molecule has 0 aliphatic carbocycles. The molecule has 0 radical (unpaired) electrons. The number of benzene rings is 2. The lowest BCUT2D eigenvalue weighted by Gasteiger charge is -2.17. The number of nitro benzene ring substituents is 1. The molecule has 1 amide bonds. The fourth-order valence-electron chi connectivity index (χ4n) is 1.91. The van der Waals surface area contributed by atoms with Gasteiger partial charge in [0.1, 0.15) is 5.56 Å². The average Bonchev–Trinajstić information content (AvgIpc) is 2.46. The van der Waals surface area contributed by atoms with Gasteiger partial charge in [-0.05, 0) is 31.2 Å². The summed E-state index contributed by atoms with van der Waals surface area (Å²) >= 11 is 5.84. The first-order valence-electron chi connectivity index (χ1n) is 6.19. The number of aryl methyl sites for hydroxylation is 1. The lowest BCUT2D eigenvalue weighted by Crippen LogP contribution is -2.26. The Balaban J connectivity index is 2.41. The predicted octanol–water partition coefficient (Wildman–Crippen LogP) is 3.83. The third-order valence-corrected chi connectivity index (χ3v) is 3.35. The summed E-state index contributed by atoms with van der Waals surface area (Å²) in [6.07, 6.45) is 0. The minimum atomic E-state index is -0.591. The highest BCUT2D eigenvalue weighted by Gasteiger charge is 2.23. The van der Waals surface area contributed by atoms with Crippen molar-refractivity contribution in [2.45, 2.75) is 6.92 Å². The van der Waals surface area contributed by atoms with Crippen molar-refractivity contribution < 1.29 is 9.72 Å². The fraction of sp³-hybridized carbons (Fsp3) is 0.133. The lowest BCUT2D eigenvalue weighted by atomic mass is 10.1. The monoisotopic (exact) mass is 304 g/mol. The Bertz CT molecular complexity index is 699. The summed E-state index contributed by atoms with van der Waals surface area (Å²) in [5.41, 5.74) is 1.42. The molecule has 0 saturated carbocycles. The molecular formula is C15H13ClN2O3. The third kappa shape index (κ3) is 3.20. The maximum absolute atomic E-state index is 12.5. The highest BCUT2D eigenvalue weighted by atomic mass is 35.5. The van der Waals surface area contributed by atoms with Crippen LogP contribution in [0.1, 0.15) is 15.9 Å². The van der Waals surface area contributed by atoms with Gasteiger partial charge in [-0.2, -0.15) is 0 Å². The van der Waals surface area contributed by atoms with Crippen molar-refractivity contribution in [2.75, 3.05) is 11.9 Å². The van der Waals surface area contributed by atoms with Gasteiger partial charge in [0.2, 0.25) is 0 Å². The molecule has 0 aliphatic heterocycles. The zero-order valence-corrected chi connectivity index (χ0v) is 12.3. The van der Waals surface area contributed by atoms with E-state index in [1.807, 2.05) is 19.1 Å². The van der Waals surface area contributed by atoms with Crippen LogP contribution in [-0.4, -0.2) is 17.9 Å². The highest BCUT2D eigenvalue weighted by molar-refractivity contribution is 6.31. The second-order valence-corrected chi connectivity index (χ2v) is 5.05. The normalized spacial score (nSPS) is 10.2. The summed E-state index contributed by atoms with van der Waals surface area (Å²) in [7, 11) is 1.57. The summed E-state index contributed by atoms with van der Waals surface area (Å²) in [5, 5.41) is 11.3. The van der Waals surface area contributed by atoms with E-state index in [-0.39, 0.29) is 16.3 Å². The van der Waals surface area contributed by atoms with Crippen molar-refractivity contribution in [1.29, 1.82) is 0 Å². The van der Waals surface area contributed by atoms with Gasteiger partial charge >= 0.3 is 0 Å². The summed E-state index contributed by atoms with van der Waals surface area (Å²) < 4.78 is 0. The van der Waals surface area contributed by atoms with Crippen molar-refractivity contribution >= 4 is 28.9 Å². The number of halogens is 1. The zero-order valence-electron chi connectivity index (χ0n) is 11.5. The molecule has 0 atom stereocenters. The van der Waals surface area contributed by atoms with E-state index in [4.69, 9.17) is 11.6 Å². The molecule has 0 spiro atoms. The first kappa shape index (κ1) is 15.0. The maximum Gasteiger partial charge on any atom is 0.282 e. The number of nitro groups is 1. The minimum Gasteiger partial charge on any atom is -0.311 e. The molecule has 2 aromatic carbocycles. The summed E-state index contributed by atoms with van der Waals surface area (Å²) in [6.45, 7) is 1.94. The van der Waals surface area contributed by atoms with E-state index in [2.05, 4.69) is 0 Å². The van der Waals surface area contributed by atoms with Gasteiger partial charge in [0, 0.05) is 23.8 Å². The second-order valence-electron chi connectivity index (χ2n) is 4.62. The summed E-state index contributed by atoms with van der Waals surface area (Å²) in [4.78, 5) is 24.3. The number of carbonyl (C=O) groups is 1. The quantitative estimate of drug-likeness (QED) is 0.639. The molecule has 0 N–H and O–H groups in total. The SMILES string of the molecule is Cc1ccc(N(C)C(=O)c2cc(Cl)ccc2[N+](=O)[O-])cc1. The smallest absolute Gasteiger partial charge is 0.282 e. The number of carbonyl (C=O) groups excluding carboxylic acids is 1. The van der Waals surface area contributed by atoms with Crippen LogP contribution in [0.25, 0.3) is 0 Å². The Hall–Kier alpha value is -2.40. The van der Waals surface area contributed by atoms with Gasteiger partial charge in [0.25, 0.3) is 11.6 Å². The molecule has 108 valence electrons. The average molecular weight is 305 g/mol.